The van der Waals surface area contributed by atoms with Crippen LogP contribution in [0.15, 0.2) is 36.4 Å². The molecular formula is C28H33F3O2. The molecule has 178 valence electrons. The number of benzene rings is 2. The summed E-state index contributed by atoms with van der Waals surface area (Å²) >= 11 is 0. The van der Waals surface area contributed by atoms with E-state index >= 15 is 4.39 Å². The molecule has 0 aromatic heterocycles. The second kappa shape index (κ2) is 10.8. The Morgan fingerprint density at radius 2 is 1.42 bits per heavy atom. The van der Waals surface area contributed by atoms with E-state index in [0.29, 0.717) is 23.0 Å². The van der Waals surface area contributed by atoms with Crippen molar-refractivity contribution >= 4 is 6.08 Å². The van der Waals surface area contributed by atoms with Gasteiger partial charge in [-0.15, -0.1) is 0 Å². The molecule has 2 fully saturated rings. The number of aliphatic hydroxyl groups is 1. The third-order valence-electron chi connectivity index (χ3n) is 7.64. The van der Waals surface area contributed by atoms with Crippen LogP contribution < -0.4 is 4.74 Å². The summed E-state index contributed by atoms with van der Waals surface area (Å²) in [6, 6.07) is 8.48. The molecule has 0 saturated heterocycles. The predicted molar refractivity (Wildman–Crippen MR) is 125 cm³/mol. The van der Waals surface area contributed by atoms with E-state index < -0.39 is 11.6 Å². The van der Waals surface area contributed by atoms with Gasteiger partial charge in [-0.1, -0.05) is 30.4 Å². The van der Waals surface area contributed by atoms with Gasteiger partial charge in [0.05, 0.1) is 7.11 Å². The first kappa shape index (κ1) is 23.9. The molecule has 2 aromatic rings. The van der Waals surface area contributed by atoms with E-state index in [-0.39, 0.29) is 30.0 Å². The van der Waals surface area contributed by atoms with Crippen LogP contribution in [0.4, 0.5) is 13.2 Å². The van der Waals surface area contributed by atoms with Gasteiger partial charge in [-0.05, 0) is 104 Å². The second-order valence-corrected chi connectivity index (χ2v) is 9.64. The highest BCUT2D eigenvalue weighted by atomic mass is 19.2. The third kappa shape index (κ3) is 5.46. The summed E-state index contributed by atoms with van der Waals surface area (Å²) in [5.74, 6) is -0.798. The molecule has 0 amide bonds. The third-order valence-corrected chi connectivity index (χ3v) is 7.64. The highest BCUT2D eigenvalue weighted by molar-refractivity contribution is 5.51. The normalized spacial score (nSPS) is 26.0. The van der Waals surface area contributed by atoms with Crippen molar-refractivity contribution in [3.63, 3.8) is 0 Å². The molecule has 0 heterocycles. The van der Waals surface area contributed by atoms with Crippen LogP contribution in [0.5, 0.6) is 5.75 Å². The first-order valence-electron chi connectivity index (χ1n) is 12.1. The van der Waals surface area contributed by atoms with Crippen molar-refractivity contribution in [2.75, 3.05) is 13.7 Å². The average Bonchev–Trinajstić information content (AvgIpc) is 2.85. The van der Waals surface area contributed by atoms with Gasteiger partial charge in [-0.2, -0.15) is 0 Å². The Labute approximate surface area is 194 Å². The van der Waals surface area contributed by atoms with E-state index in [4.69, 9.17) is 4.74 Å². The highest BCUT2D eigenvalue weighted by Gasteiger charge is 2.29. The van der Waals surface area contributed by atoms with E-state index in [2.05, 4.69) is 6.08 Å². The standard InChI is InChI=1S/C28H33F3O2/c1-33-26-15-8-19(16-25(26)29)3-2-18-4-9-21(10-5-18)23-13-14-24(28(31)27(23)30)22-11-6-20(17-32)7-12-22/h2-3,8,13-16,18,20-22,32H,4-7,9-12,17H2,1H3/b3-2+. The zero-order valence-corrected chi connectivity index (χ0v) is 19.2. The molecule has 0 radical (unpaired) electrons. The van der Waals surface area contributed by atoms with E-state index in [0.717, 1.165) is 56.9 Å². The molecule has 33 heavy (non-hydrogen) atoms. The van der Waals surface area contributed by atoms with Gasteiger partial charge in [0.1, 0.15) is 0 Å². The molecule has 0 atom stereocenters. The Balaban J connectivity index is 1.36. The van der Waals surface area contributed by atoms with Gasteiger partial charge in [0.25, 0.3) is 0 Å². The highest BCUT2D eigenvalue weighted by Crippen LogP contribution is 2.41. The van der Waals surface area contributed by atoms with Crippen molar-refractivity contribution in [2.45, 2.75) is 63.2 Å². The second-order valence-electron chi connectivity index (χ2n) is 9.64. The summed E-state index contributed by atoms with van der Waals surface area (Å²) in [4.78, 5) is 0. The van der Waals surface area contributed by atoms with Crippen LogP contribution in [0.3, 0.4) is 0 Å². The molecule has 0 bridgehead atoms. The lowest BCUT2D eigenvalue weighted by molar-refractivity contribution is 0.181. The summed E-state index contributed by atoms with van der Waals surface area (Å²) in [6.45, 7) is 0.178. The fraction of sp³-hybridized carbons (Fsp3) is 0.500. The molecule has 2 aromatic carbocycles. The molecule has 0 unspecified atom stereocenters. The maximum Gasteiger partial charge on any atom is 0.165 e. The number of ether oxygens (including phenoxy) is 1. The molecule has 2 saturated carbocycles. The molecule has 1 N–H and O–H groups in total. The monoisotopic (exact) mass is 458 g/mol. The molecule has 2 aliphatic carbocycles. The van der Waals surface area contributed by atoms with Crippen LogP contribution in [-0.2, 0) is 0 Å². The van der Waals surface area contributed by atoms with Crippen molar-refractivity contribution < 1.29 is 23.0 Å². The number of allylic oxidation sites excluding steroid dienone is 1. The minimum atomic E-state index is -0.677. The summed E-state index contributed by atoms with van der Waals surface area (Å²) in [6.07, 6.45) is 10.8. The van der Waals surface area contributed by atoms with Crippen molar-refractivity contribution in [1.29, 1.82) is 0 Å². The lowest BCUT2D eigenvalue weighted by Crippen LogP contribution is -2.18. The Morgan fingerprint density at radius 3 is 1.94 bits per heavy atom. The SMILES string of the molecule is COc1ccc(/C=C/C2CCC(c3ccc(C4CCC(CO)CC4)c(F)c3F)CC2)cc1F. The molecule has 4 rings (SSSR count). The number of hydrogen-bond acceptors (Lipinski definition) is 2. The summed E-state index contributed by atoms with van der Waals surface area (Å²) in [5, 5.41) is 9.31. The smallest absolute Gasteiger partial charge is 0.165 e. The molecule has 5 heteroatoms. The van der Waals surface area contributed by atoms with Gasteiger partial charge >= 0.3 is 0 Å². The lowest BCUT2D eigenvalue weighted by atomic mass is 9.76. The minimum absolute atomic E-state index is 0.0294. The first-order chi connectivity index (χ1) is 16.0. The van der Waals surface area contributed by atoms with Gasteiger partial charge in [0.15, 0.2) is 23.2 Å². The zero-order valence-electron chi connectivity index (χ0n) is 19.2. The molecule has 2 nitrogen and oxygen atoms in total. The summed E-state index contributed by atoms with van der Waals surface area (Å²) in [7, 11) is 1.44. The van der Waals surface area contributed by atoms with Crippen LogP contribution in [0.25, 0.3) is 6.08 Å². The molecule has 0 spiro atoms. The van der Waals surface area contributed by atoms with Crippen molar-refractivity contribution in [1.82, 2.24) is 0 Å². The van der Waals surface area contributed by atoms with Crippen molar-refractivity contribution in [3.8, 4) is 5.75 Å². The predicted octanol–water partition coefficient (Wildman–Crippen LogP) is 7.37. The van der Waals surface area contributed by atoms with Crippen LogP contribution in [-0.4, -0.2) is 18.8 Å². The van der Waals surface area contributed by atoms with Gasteiger partial charge in [0, 0.05) is 6.61 Å². The van der Waals surface area contributed by atoms with Gasteiger partial charge in [0.2, 0.25) is 0 Å². The Hall–Kier alpha value is -2.27. The van der Waals surface area contributed by atoms with Gasteiger partial charge in [-0.3, -0.25) is 0 Å². The summed E-state index contributed by atoms with van der Waals surface area (Å²) < 4.78 is 48.8. The van der Waals surface area contributed by atoms with Gasteiger partial charge < -0.3 is 9.84 Å². The fourth-order valence-corrected chi connectivity index (χ4v) is 5.52. The number of halogens is 3. The van der Waals surface area contributed by atoms with Crippen LogP contribution in [0, 0.1) is 29.3 Å². The Kier molecular flexibility index (Phi) is 7.79. The number of hydrogen-bond donors (Lipinski definition) is 1. The largest absolute Gasteiger partial charge is 0.494 e. The van der Waals surface area contributed by atoms with E-state index in [9.17, 15) is 13.9 Å². The van der Waals surface area contributed by atoms with E-state index in [1.54, 1.807) is 18.2 Å². The van der Waals surface area contributed by atoms with E-state index in [1.807, 2.05) is 12.1 Å². The van der Waals surface area contributed by atoms with Crippen LogP contribution >= 0.6 is 0 Å². The first-order valence-corrected chi connectivity index (χ1v) is 12.1. The Morgan fingerprint density at radius 1 is 0.848 bits per heavy atom. The number of rotatable bonds is 6. The average molecular weight is 459 g/mol. The van der Waals surface area contributed by atoms with E-state index in [1.165, 1.54) is 13.2 Å². The maximum atomic E-state index is 15.0. The number of aliphatic hydroxyl groups excluding tert-OH is 1. The lowest BCUT2D eigenvalue weighted by Gasteiger charge is -2.30. The molecule has 0 aliphatic heterocycles. The minimum Gasteiger partial charge on any atom is -0.494 e. The molecule has 2 aliphatic rings. The number of methoxy groups -OCH3 is 1. The van der Waals surface area contributed by atoms with Gasteiger partial charge in [-0.25, -0.2) is 13.2 Å². The Bertz CT molecular complexity index is 971. The van der Waals surface area contributed by atoms with Crippen molar-refractivity contribution in [2.24, 2.45) is 11.8 Å². The topological polar surface area (TPSA) is 29.5 Å². The van der Waals surface area contributed by atoms with Crippen LogP contribution in [0.1, 0.15) is 79.9 Å². The summed E-state index contributed by atoms with van der Waals surface area (Å²) in [5.41, 5.74) is 1.78. The molecular weight excluding hydrogens is 425 g/mol. The van der Waals surface area contributed by atoms with Crippen LogP contribution in [0.2, 0.25) is 0 Å². The maximum absolute atomic E-state index is 15.0. The fourth-order valence-electron chi connectivity index (χ4n) is 5.52. The van der Waals surface area contributed by atoms with Crippen molar-refractivity contribution in [3.05, 3.63) is 70.5 Å². The quantitative estimate of drug-likeness (QED) is 0.490. The zero-order chi connectivity index (χ0) is 23.4.